The minimum atomic E-state index is -0.598. The Morgan fingerprint density at radius 2 is 1.68 bits per heavy atom. The first-order chi connectivity index (χ1) is 16.5. The summed E-state index contributed by atoms with van der Waals surface area (Å²) in [7, 11) is 0. The Bertz CT molecular complexity index is 1160. The maximum absolute atomic E-state index is 13.5. The molecular weight excluding hydrogens is 447 g/mol. The Labute approximate surface area is 205 Å². The van der Waals surface area contributed by atoms with Crippen LogP contribution in [0.2, 0.25) is 5.02 Å². The molecule has 1 unspecified atom stereocenters. The number of hydrogen-bond donors (Lipinski definition) is 1. The van der Waals surface area contributed by atoms with Crippen molar-refractivity contribution in [1.82, 2.24) is 5.32 Å². The lowest BCUT2D eigenvalue weighted by atomic mass is 9.77. The lowest BCUT2D eigenvalue weighted by molar-refractivity contribution is -0.126. The molecule has 0 saturated heterocycles. The molecule has 0 bridgehead atoms. The van der Waals surface area contributed by atoms with E-state index in [0.717, 1.165) is 55.2 Å². The van der Waals surface area contributed by atoms with E-state index in [1.54, 1.807) is 18.2 Å². The van der Waals surface area contributed by atoms with Crippen LogP contribution in [0.25, 0.3) is 0 Å². The Morgan fingerprint density at radius 1 is 1.00 bits per heavy atom. The number of carbonyl (C=O) groups excluding carboxylic acids is 1. The molecule has 1 amide bonds. The van der Waals surface area contributed by atoms with E-state index in [9.17, 15) is 14.4 Å². The van der Waals surface area contributed by atoms with Gasteiger partial charge in [-0.3, -0.25) is 4.79 Å². The summed E-state index contributed by atoms with van der Waals surface area (Å²) in [5.74, 6) is -0.130. The number of carbonyl (C=O) groups is 1. The number of nitrogens with zero attached hydrogens (tertiary/aromatic N) is 1. The van der Waals surface area contributed by atoms with Crippen molar-refractivity contribution in [1.29, 1.82) is 5.26 Å². The summed E-state index contributed by atoms with van der Waals surface area (Å²) in [4.78, 5) is 13.5. The molecule has 3 aromatic carbocycles. The van der Waals surface area contributed by atoms with Gasteiger partial charge in [0.25, 0.3) is 0 Å². The third-order valence-electron chi connectivity index (χ3n) is 6.86. The van der Waals surface area contributed by atoms with E-state index >= 15 is 0 Å². The number of nitrogens with one attached hydrogen (secondary N) is 1. The van der Waals surface area contributed by atoms with Gasteiger partial charge in [0.2, 0.25) is 5.91 Å². The minimum Gasteiger partial charge on any atom is -0.355 e. The van der Waals surface area contributed by atoms with Crippen LogP contribution < -0.4 is 5.32 Å². The van der Waals surface area contributed by atoms with Gasteiger partial charge in [-0.15, -0.1) is 0 Å². The normalized spacial score (nSPS) is 15.4. The summed E-state index contributed by atoms with van der Waals surface area (Å²) in [6, 6.07) is 24.0. The third kappa shape index (κ3) is 5.66. The number of amides is 1. The fourth-order valence-electron chi connectivity index (χ4n) is 5.07. The molecule has 5 heteroatoms. The summed E-state index contributed by atoms with van der Waals surface area (Å²) < 4.78 is 13.5. The predicted molar refractivity (Wildman–Crippen MR) is 133 cm³/mol. The molecule has 1 saturated carbocycles. The molecule has 1 N–H and O–H groups in total. The van der Waals surface area contributed by atoms with Gasteiger partial charge in [0.15, 0.2) is 0 Å². The lowest BCUT2D eigenvalue weighted by Crippen LogP contribution is -2.44. The largest absolute Gasteiger partial charge is 0.355 e. The molecule has 174 valence electrons. The van der Waals surface area contributed by atoms with Crippen LogP contribution in [0.3, 0.4) is 0 Å². The molecule has 0 aromatic heterocycles. The van der Waals surface area contributed by atoms with E-state index in [1.165, 1.54) is 12.1 Å². The smallest absolute Gasteiger partial charge is 0.230 e. The van der Waals surface area contributed by atoms with E-state index in [4.69, 9.17) is 11.6 Å². The molecule has 1 aliphatic rings. The second-order valence-corrected chi connectivity index (χ2v) is 9.66. The monoisotopic (exact) mass is 474 g/mol. The zero-order chi connectivity index (χ0) is 24.0. The van der Waals surface area contributed by atoms with Crippen molar-refractivity contribution in [2.24, 2.45) is 5.92 Å². The number of nitriles is 1. The van der Waals surface area contributed by atoms with Crippen LogP contribution in [0.1, 0.15) is 47.9 Å². The number of rotatable bonds is 8. The van der Waals surface area contributed by atoms with Gasteiger partial charge in [-0.1, -0.05) is 60.8 Å². The second-order valence-electron chi connectivity index (χ2n) is 9.22. The Balaban J connectivity index is 1.52. The minimum absolute atomic E-state index is 0.0171. The Hall–Kier alpha value is -3.16. The Kier molecular flexibility index (Phi) is 7.65. The summed E-state index contributed by atoms with van der Waals surface area (Å²) in [5, 5.41) is 13.2. The predicted octanol–water partition coefficient (Wildman–Crippen LogP) is 6.38. The van der Waals surface area contributed by atoms with Gasteiger partial charge in [0.1, 0.15) is 5.82 Å². The van der Waals surface area contributed by atoms with Crippen molar-refractivity contribution >= 4 is 17.5 Å². The molecule has 3 aromatic rings. The number of halogens is 2. The summed E-state index contributed by atoms with van der Waals surface area (Å²) >= 11 is 6.06. The van der Waals surface area contributed by atoms with E-state index in [2.05, 4.69) is 11.4 Å². The highest BCUT2D eigenvalue weighted by molar-refractivity contribution is 6.30. The van der Waals surface area contributed by atoms with Crippen molar-refractivity contribution < 1.29 is 9.18 Å². The molecule has 1 atom stereocenters. The highest BCUT2D eigenvalue weighted by Crippen LogP contribution is 2.41. The van der Waals surface area contributed by atoms with Gasteiger partial charge in [-0.05, 0) is 84.7 Å². The van der Waals surface area contributed by atoms with Crippen molar-refractivity contribution in [3.05, 3.63) is 106 Å². The summed E-state index contributed by atoms with van der Waals surface area (Å²) in [6.07, 6.45) is 5.03. The third-order valence-corrected chi connectivity index (χ3v) is 7.11. The lowest BCUT2D eigenvalue weighted by Gasteiger charge is -2.29. The van der Waals surface area contributed by atoms with Crippen LogP contribution in [0.15, 0.2) is 72.8 Å². The van der Waals surface area contributed by atoms with Crippen molar-refractivity contribution in [3.8, 4) is 6.07 Å². The van der Waals surface area contributed by atoms with Crippen LogP contribution in [0, 0.1) is 23.1 Å². The van der Waals surface area contributed by atoms with E-state index in [0.29, 0.717) is 17.1 Å². The van der Waals surface area contributed by atoms with Crippen LogP contribution in [0.4, 0.5) is 4.39 Å². The van der Waals surface area contributed by atoms with Gasteiger partial charge < -0.3 is 5.32 Å². The fourth-order valence-corrected chi connectivity index (χ4v) is 5.20. The van der Waals surface area contributed by atoms with Gasteiger partial charge in [-0.25, -0.2) is 4.39 Å². The molecular formula is C29H28ClFN2O. The molecule has 1 aliphatic carbocycles. The molecule has 1 fully saturated rings. The topological polar surface area (TPSA) is 52.9 Å². The van der Waals surface area contributed by atoms with Gasteiger partial charge in [-0.2, -0.15) is 5.26 Å². The molecule has 0 aliphatic heterocycles. The molecule has 34 heavy (non-hydrogen) atoms. The average Bonchev–Trinajstić information content (AvgIpc) is 3.35. The van der Waals surface area contributed by atoms with Crippen LogP contribution in [0.5, 0.6) is 0 Å². The number of hydrogen-bond acceptors (Lipinski definition) is 2. The van der Waals surface area contributed by atoms with Crippen molar-refractivity contribution in [2.45, 2.75) is 43.9 Å². The average molecular weight is 475 g/mol. The van der Waals surface area contributed by atoms with Crippen LogP contribution in [-0.4, -0.2) is 12.5 Å². The maximum Gasteiger partial charge on any atom is 0.230 e. The van der Waals surface area contributed by atoms with Crippen LogP contribution in [-0.2, 0) is 23.1 Å². The van der Waals surface area contributed by atoms with Crippen molar-refractivity contribution in [2.75, 3.05) is 6.54 Å². The molecule has 4 rings (SSSR count). The zero-order valence-corrected chi connectivity index (χ0v) is 19.8. The van der Waals surface area contributed by atoms with E-state index < -0.39 is 5.41 Å². The van der Waals surface area contributed by atoms with Gasteiger partial charge >= 0.3 is 0 Å². The molecule has 0 spiro atoms. The summed E-state index contributed by atoms with van der Waals surface area (Å²) in [6.45, 7) is 0.515. The summed E-state index contributed by atoms with van der Waals surface area (Å²) in [5.41, 5.74) is 3.14. The molecule has 3 nitrogen and oxygen atoms in total. The van der Waals surface area contributed by atoms with Crippen molar-refractivity contribution in [3.63, 3.8) is 0 Å². The van der Waals surface area contributed by atoms with Crippen LogP contribution >= 0.6 is 11.6 Å². The first kappa shape index (κ1) is 24.0. The maximum atomic E-state index is 13.5. The SMILES string of the molecule is N#Cc1cccc(CC(CNC(=O)C2(c3ccc(F)cc3)CCCC2)Cc2ccc(Cl)cc2)c1. The first-order valence-electron chi connectivity index (χ1n) is 11.8. The molecule has 0 heterocycles. The Morgan fingerprint density at radius 3 is 2.35 bits per heavy atom. The van der Waals surface area contributed by atoms with E-state index in [-0.39, 0.29) is 17.6 Å². The second kappa shape index (κ2) is 10.8. The molecule has 0 radical (unpaired) electrons. The van der Waals surface area contributed by atoms with Gasteiger partial charge in [0, 0.05) is 11.6 Å². The fraction of sp³-hybridized carbons (Fsp3) is 0.310. The quantitative estimate of drug-likeness (QED) is 0.411. The number of benzene rings is 3. The standard InChI is InChI=1S/C29H28ClFN2O/c30-26-10-6-21(7-11-26)16-24(18-22-4-3-5-23(17-22)19-32)20-33-28(34)29(14-1-2-15-29)25-8-12-27(31)13-9-25/h3-13,17,24H,1-2,14-16,18,20H2,(H,33,34). The zero-order valence-electron chi connectivity index (χ0n) is 19.1. The highest BCUT2D eigenvalue weighted by atomic mass is 35.5. The van der Waals surface area contributed by atoms with Gasteiger partial charge in [0.05, 0.1) is 17.0 Å². The highest BCUT2D eigenvalue weighted by Gasteiger charge is 2.42. The first-order valence-corrected chi connectivity index (χ1v) is 12.1. The van der Waals surface area contributed by atoms with E-state index in [1.807, 2.05) is 42.5 Å².